The summed E-state index contributed by atoms with van der Waals surface area (Å²) in [5.74, 6) is 0.156. The van der Waals surface area contributed by atoms with Gasteiger partial charge in [-0.2, -0.15) is 4.31 Å². The second-order valence-electron chi connectivity index (χ2n) is 4.30. The largest absolute Gasteiger partial charge is 0.254 e. The van der Waals surface area contributed by atoms with Crippen molar-refractivity contribution in [2.24, 2.45) is 0 Å². The van der Waals surface area contributed by atoms with Crippen molar-refractivity contribution in [2.45, 2.75) is 23.0 Å². The van der Waals surface area contributed by atoms with Crippen LogP contribution in [0.4, 0.5) is 0 Å². The Labute approximate surface area is 119 Å². The second-order valence-corrected chi connectivity index (χ2v) is 8.22. The monoisotopic (exact) mass is 316 g/mol. The van der Waals surface area contributed by atoms with E-state index < -0.39 is 10.0 Å². The van der Waals surface area contributed by atoms with E-state index in [2.05, 4.69) is 15.2 Å². The molecule has 0 N–H and O–H groups in total. The van der Waals surface area contributed by atoms with Gasteiger partial charge >= 0.3 is 0 Å². The van der Waals surface area contributed by atoms with Gasteiger partial charge < -0.3 is 0 Å². The molecule has 1 unspecified atom stereocenters. The topological polar surface area (TPSA) is 76.1 Å². The smallest absolute Gasteiger partial charge is 0.252 e. The summed E-state index contributed by atoms with van der Waals surface area (Å²) in [6.07, 6.45) is 3.22. The van der Waals surface area contributed by atoms with Gasteiger partial charge in [0.2, 0.25) is 0 Å². The van der Waals surface area contributed by atoms with Crippen molar-refractivity contribution < 1.29 is 8.42 Å². The van der Waals surface area contributed by atoms with Crippen LogP contribution in [0.5, 0.6) is 0 Å². The highest BCUT2D eigenvalue weighted by Gasteiger charge is 2.32. The van der Waals surface area contributed by atoms with Crippen molar-refractivity contribution in [3.05, 3.63) is 22.2 Å². The van der Waals surface area contributed by atoms with E-state index in [9.17, 15) is 8.42 Å². The van der Waals surface area contributed by atoms with Crippen molar-refractivity contribution in [1.29, 1.82) is 0 Å². The normalized spacial score (nSPS) is 21.6. The Kier molecular flexibility index (Phi) is 3.61. The summed E-state index contributed by atoms with van der Waals surface area (Å²) >= 11 is 2.64. The quantitative estimate of drug-likeness (QED) is 0.859. The summed E-state index contributed by atoms with van der Waals surface area (Å²) in [7, 11) is -3.40. The lowest BCUT2D eigenvalue weighted by Gasteiger charge is -2.30. The number of aromatic nitrogens is 3. The maximum atomic E-state index is 12.4. The molecule has 19 heavy (non-hydrogen) atoms. The Morgan fingerprint density at radius 2 is 2.21 bits per heavy atom. The van der Waals surface area contributed by atoms with Crippen LogP contribution in [-0.2, 0) is 10.0 Å². The zero-order valence-electron chi connectivity index (χ0n) is 9.97. The highest BCUT2D eigenvalue weighted by Crippen LogP contribution is 2.31. The van der Waals surface area contributed by atoms with E-state index in [0.717, 1.165) is 29.2 Å². The van der Waals surface area contributed by atoms with Gasteiger partial charge in [0.25, 0.3) is 10.0 Å². The maximum absolute atomic E-state index is 12.4. The van der Waals surface area contributed by atoms with Gasteiger partial charge in [-0.1, -0.05) is 0 Å². The first kappa shape index (κ1) is 13.1. The molecule has 1 fully saturated rings. The van der Waals surface area contributed by atoms with Crippen LogP contribution in [0.3, 0.4) is 0 Å². The molecule has 1 aliphatic rings. The summed E-state index contributed by atoms with van der Waals surface area (Å²) < 4.78 is 26.7. The van der Waals surface area contributed by atoms with Crippen LogP contribution in [0, 0.1) is 0 Å². The van der Waals surface area contributed by atoms with Crippen molar-refractivity contribution in [1.82, 2.24) is 19.5 Å². The lowest BCUT2D eigenvalue weighted by Crippen LogP contribution is -2.38. The minimum Gasteiger partial charge on any atom is -0.252 e. The SMILES string of the molecule is O=S(=O)(c1cncs1)N1CCCC(c2nncs2)C1. The first-order chi connectivity index (χ1) is 9.18. The van der Waals surface area contributed by atoms with Gasteiger partial charge in [0.15, 0.2) is 4.21 Å². The zero-order chi connectivity index (χ0) is 13.3. The highest BCUT2D eigenvalue weighted by atomic mass is 32.2. The van der Waals surface area contributed by atoms with Crippen LogP contribution in [0.2, 0.25) is 0 Å². The molecule has 6 nitrogen and oxygen atoms in total. The fraction of sp³-hybridized carbons (Fsp3) is 0.500. The minimum absolute atomic E-state index is 0.156. The Morgan fingerprint density at radius 1 is 1.32 bits per heavy atom. The van der Waals surface area contributed by atoms with E-state index in [0.29, 0.717) is 17.3 Å². The molecule has 3 heterocycles. The third kappa shape index (κ3) is 2.55. The Balaban J connectivity index is 1.82. The molecular formula is C10H12N4O2S3. The number of piperidine rings is 1. The van der Waals surface area contributed by atoms with Crippen LogP contribution < -0.4 is 0 Å². The molecule has 0 bridgehead atoms. The average Bonchev–Trinajstić information content (AvgIpc) is 3.12. The number of hydrogen-bond donors (Lipinski definition) is 0. The highest BCUT2D eigenvalue weighted by molar-refractivity contribution is 7.91. The summed E-state index contributed by atoms with van der Waals surface area (Å²) in [5.41, 5.74) is 3.23. The molecule has 1 atom stereocenters. The summed E-state index contributed by atoms with van der Waals surface area (Å²) in [5, 5.41) is 8.80. The molecule has 0 radical (unpaired) electrons. The van der Waals surface area contributed by atoms with Gasteiger partial charge in [0.1, 0.15) is 10.5 Å². The van der Waals surface area contributed by atoms with Crippen LogP contribution in [0.1, 0.15) is 23.8 Å². The van der Waals surface area contributed by atoms with E-state index in [1.807, 2.05) is 0 Å². The Bertz CT molecular complexity index is 624. The molecule has 0 amide bonds. The van der Waals surface area contributed by atoms with E-state index in [4.69, 9.17) is 0 Å². The van der Waals surface area contributed by atoms with Crippen molar-refractivity contribution in [2.75, 3.05) is 13.1 Å². The van der Waals surface area contributed by atoms with Gasteiger partial charge in [-0.05, 0) is 12.8 Å². The molecule has 2 aromatic heterocycles. The number of hydrogen-bond acceptors (Lipinski definition) is 7. The second kappa shape index (κ2) is 5.23. The third-order valence-electron chi connectivity index (χ3n) is 3.11. The number of thiazole rings is 1. The molecule has 0 saturated carbocycles. The minimum atomic E-state index is -3.40. The number of sulfonamides is 1. The molecule has 9 heteroatoms. The Morgan fingerprint density at radius 3 is 2.89 bits per heavy atom. The molecule has 3 rings (SSSR count). The van der Waals surface area contributed by atoms with Gasteiger partial charge in [-0.25, -0.2) is 8.42 Å². The molecule has 0 spiro atoms. The summed E-state index contributed by atoms with van der Waals surface area (Å²) in [6.45, 7) is 1.05. The number of rotatable bonds is 3. The average molecular weight is 316 g/mol. The first-order valence-corrected chi connectivity index (χ1v) is 9.02. The lowest BCUT2D eigenvalue weighted by molar-refractivity contribution is 0.315. The molecule has 1 aliphatic heterocycles. The Hall–Kier alpha value is -0.900. The van der Waals surface area contributed by atoms with E-state index >= 15 is 0 Å². The zero-order valence-corrected chi connectivity index (χ0v) is 12.4. The molecule has 0 aliphatic carbocycles. The molecule has 2 aromatic rings. The van der Waals surface area contributed by atoms with Gasteiger partial charge in [-0.3, -0.25) is 4.98 Å². The molecule has 102 valence electrons. The fourth-order valence-corrected chi connectivity index (χ4v) is 5.34. The molecule has 1 saturated heterocycles. The fourth-order valence-electron chi connectivity index (χ4n) is 2.18. The van der Waals surface area contributed by atoms with Crippen LogP contribution in [-0.4, -0.2) is 41.0 Å². The summed E-state index contributed by atoms with van der Waals surface area (Å²) in [4.78, 5) is 3.84. The van der Waals surface area contributed by atoms with Crippen molar-refractivity contribution >= 4 is 32.7 Å². The van der Waals surface area contributed by atoms with Crippen molar-refractivity contribution in [3.8, 4) is 0 Å². The molecule has 0 aromatic carbocycles. The van der Waals surface area contributed by atoms with Gasteiger partial charge in [-0.15, -0.1) is 32.9 Å². The van der Waals surface area contributed by atoms with E-state index in [-0.39, 0.29) is 5.92 Å². The van der Waals surface area contributed by atoms with E-state index in [1.54, 1.807) is 11.0 Å². The molecular weight excluding hydrogens is 304 g/mol. The predicted molar refractivity (Wildman–Crippen MR) is 72.8 cm³/mol. The standard InChI is InChI=1S/C10H12N4O2S3/c15-19(16,9-4-11-6-17-9)14-3-1-2-8(5-14)10-13-12-7-18-10/h4,6-8H,1-3,5H2. The third-order valence-corrected chi connectivity index (χ3v) is 7.08. The first-order valence-electron chi connectivity index (χ1n) is 5.82. The van der Waals surface area contributed by atoms with Gasteiger partial charge in [0.05, 0.1) is 11.7 Å². The van der Waals surface area contributed by atoms with E-state index in [1.165, 1.54) is 21.8 Å². The van der Waals surface area contributed by atoms with Crippen LogP contribution in [0.15, 0.2) is 21.4 Å². The van der Waals surface area contributed by atoms with Gasteiger partial charge in [0, 0.05) is 19.0 Å². The van der Waals surface area contributed by atoms with Crippen molar-refractivity contribution in [3.63, 3.8) is 0 Å². The predicted octanol–water partition coefficient (Wildman–Crippen LogP) is 1.56. The summed E-state index contributed by atoms with van der Waals surface area (Å²) in [6, 6.07) is 0. The maximum Gasteiger partial charge on any atom is 0.254 e. The van der Waals surface area contributed by atoms with Crippen LogP contribution in [0.25, 0.3) is 0 Å². The van der Waals surface area contributed by atoms with Crippen LogP contribution >= 0.6 is 22.7 Å². The lowest BCUT2D eigenvalue weighted by atomic mass is 10.0. The number of nitrogens with zero attached hydrogens (tertiary/aromatic N) is 4.